The summed E-state index contributed by atoms with van der Waals surface area (Å²) in [5, 5.41) is 12.0. The zero-order valence-electron chi connectivity index (χ0n) is 12.4. The van der Waals surface area contributed by atoms with Crippen molar-refractivity contribution in [3.05, 3.63) is 0 Å². The van der Waals surface area contributed by atoms with Gasteiger partial charge in [0, 0.05) is 20.2 Å². The molecule has 0 saturated carbocycles. The van der Waals surface area contributed by atoms with E-state index in [4.69, 9.17) is 9.84 Å². The highest BCUT2D eigenvalue weighted by atomic mass is 16.5. The molecule has 1 heterocycles. The minimum absolute atomic E-state index is 0.00217. The number of carbonyl (C=O) groups is 2. The lowest BCUT2D eigenvalue weighted by molar-refractivity contribution is -0.143. The molecule has 1 aliphatic heterocycles. The smallest absolute Gasteiger partial charge is 0.317 e. The molecule has 0 radical (unpaired) electrons. The molecule has 6 heteroatoms. The summed E-state index contributed by atoms with van der Waals surface area (Å²) < 4.78 is 5.12. The molecule has 6 nitrogen and oxygen atoms in total. The average Bonchev–Trinajstić information content (AvgIpc) is 2.45. The van der Waals surface area contributed by atoms with Crippen LogP contribution < -0.4 is 5.32 Å². The van der Waals surface area contributed by atoms with Gasteiger partial charge < -0.3 is 20.1 Å². The maximum Gasteiger partial charge on any atom is 0.317 e. The monoisotopic (exact) mass is 286 g/mol. The summed E-state index contributed by atoms with van der Waals surface area (Å²) in [7, 11) is 1.62. The van der Waals surface area contributed by atoms with Gasteiger partial charge in [0.05, 0.1) is 18.6 Å². The largest absolute Gasteiger partial charge is 0.481 e. The summed E-state index contributed by atoms with van der Waals surface area (Å²) in [6, 6.07) is -0.174. The van der Waals surface area contributed by atoms with Crippen LogP contribution >= 0.6 is 0 Å². The zero-order valence-corrected chi connectivity index (χ0v) is 12.4. The lowest BCUT2D eigenvalue weighted by Gasteiger charge is -2.32. The van der Waals surface area contributed by atoms with Crippen LogP contribution in [0.25, 0.3) is 0 Å². The van der Waals surface area contributed by atoms with Gasteiger partial charge in [-0.1, -0.05) is 19.8 Å². The maximum absolute atomic E-state index is 12.2. The Morgan fingerprint density at radius 1 is 1.50 bits per heavy atom. The van der Waals surface area contributed by atoms with Crippen molar-refractivity contribution in [2.75, 3.05) is 26.8 Å². The van der Waals surface area contributed by atoms with Crippen molar-refractivity contribution < 1.29 is 19.4 Å². The second-order valence-corrected chi connectivity index (χ2v) is 5.37. The van der Waals surface area contributed by atoms with E-state index in [1.165, 1.54) is 0 Å². The molecule has 0 aromatic heterocycles. The number of nitrogens with zero attached hydrogens (tertiary/aromatic N) is 1. The molecule has 20 heavy (non-hydrogen) atoms. The molecule has 0 spiro atoms. The van der Waals surface area contributed by atoms with Gasteiger partial charge in [0.2, 0.25) is 0 Å². The highest BCUT2D eigenvalue weighted by Gasteiger charge is 2.28. The van der Waals surface area contributed by atoms with Gasteiger partial charge in [-0.25, -0.2) is 4.79 Å². The SMILES string of the molecule is CCCCC(COC)NC(=O)N1CCCC(C(=O)O)C1. The van der Waals surface area contributed by atoms with Crippen LogP contribution in [0.4, 0.5) is 4.79 Å². The number of carbonyl (C=O) groups excluding carboxylic acids is 1. The molecule has 1 saturated heterocycles. The number of methoxy groups -OCH3 is 1. The van der Waals surface area contributed by atoms with Crippen molar-refractivity contribution in [2.45, 2.75) is 45.1 Å². The van der Waals surface area contributed by atoms with E-state index in [-0.39, 0.29) is 12.1 Å². The topological polar surface area (TPSA) is 78.9 Å². The first kappa shape index (κ1) is 16.8. The number of carboxylic acids is 1. The Hall–Kier alpha value is -1.30. The number of ether oxygens (including phenoxy) is 1. The Morgan fingerprint density at radius 3 is 2.85 bits per heavy atom. The Bertz CT molecular complexity index is 322. The van der Waals surface area contributed by atoms with Crippen molar-refractivity contribution in [3.63, 3.8) is 0 Å². The molecule has 116 valence electrons. The standard InChI is InChI=1S/C14H26N2O4/c1-3-4-7-12(10-20-2)15-14(19)16-8-5-6-11(9-16)13(17)18/h11-12H,3-10H2,1-2H3,(H,15,19)(H,17,18). The number of hydrogen-bond donors (Lipinski definition) is 2. The van der Waals surface area contributed by atoms with E-state index < -0.39 is 11.9 Å². The van der Waals surface area contributed by atoms with Gasteiger partial charge in [-0.2, -0.15) is 0 Å². The van der Waals surface area contributed by atoms with Crippen LogP contribution in [0.2, 0.25) is 0 Å². The number of unbranched alkanes of at least 4 members (excludes halogenated alkanes) is 1. The Labute approximate surface area is 120 Å². The van der Waals surface area contributed by atoms with Gasteiger partial charge >= 0.3 is 12.0 Å². The zero-order chi connectivity index (χ0) is 15.0. The highest BCUT2D eigenvalue weighted by Crippen LogP contribution is 2.16. The van der Waals surface area contributed by atoms with E-state index in [0.29, 0.717) is 26.1 Å². The summed E-state index contributed by atoms with van der Waals surface area (Å²) in [6.45, 7) is 3.52. The molecule has 0 aliphatic carbocycles. The number of hydrogen-bond acceptors (Lipinski definition) is 3. The molecule has 0 bridgehead atoms. The predicted octanol–water partition coefficient (Wildman–Crippen LogP) is 1.70. The molecule has 1 rings (SSSR count). The quantitative estimate of drug-likeness (QED) is 0.746. The lowest BCUT2D eigenvalue weighted by atomic mass is 9.98. The predicted molar refractivity (Wildman–Crippen MR) is 75.7 cm³/mol. The van der Waals surface area contributed by atoms with Gasteiger partial charge in [0.1, 0.15) is 0 Å². The van der Waals surface area contributed by atoms with Crippen molar-refractivity contribution >= 4 is 12.0 Å². The van der Waals surface area contributed by atoms with Crippen LogP contribution in [0, 0.1) is 5.92 Å². The van der Waals surface area contributed by atoms with E-state index in [9.17, 15) is 9.59 Å². The van der Waals surface area contributed by atoms with E-state index >= 15 is 0 Å². The van der Waals surface area contributed by atoms with Gasteiger partial charge in [-0.15, -0.1) is 0 Å². The Kier molecular flexibility index (Phi) is 7.36. The first-order valence-electron chi connectivity index (χ1n) is 7.35. The molecule has 1 aliphatic rings. The fourth-order valence-electron chi connectivity index (χ4n) is 2.48. The Balaban J connectivity index is 2.48. The Morgan fingerprint density at radius 2 is 2.25 bits per heavy atom. The second-order valence-electron chi connectivity index (χ2n) is 5.37. The van der Waals surface area contributed by atoms with E-state index in [1.54, 1.807) is 12.0 Å². The number of urea groups is 1. The third kappa shape index (κ3) is 5.36. The van der Waals surface area contributed by atoms with Crippen LogP contribution in [0.1, 0.15) is 39.0 Å². The highest BCUT2D eigenvalue weighted by molar-refractivity contribution is 5.76. The minimum atomic E-state index is -0.818. The van der Waals surface area contributed by atoms with E-state index in [1.807, 2.05) is 0 Å². The maximum atomic E-state index is 12.2. The molecule has 2 N–H and O–H groups in total. The van der Waals surface area contributed by atoms with E-state index in [0.717, 1.165) is 25.7 Å². The van der Waals surface area contributed by atoms with E-state index in [2.05, 4.69) is 12.2 Å². The van der Waals surface area contributed by atoms with Crippen LogP contribution in [0.5, 0.6) is 0 Å². The number of nitrogens with one attached hydrogen (secondary N) is 1. The lowest BCUT2D eigenvalue weighted by Crippen LogP contribution is -2.50. The molecule has 2 atom stereocenters. The fraction of sp³-hybridized carbons (Fsp3) is 0.857. The first-order chi connectivity index (χ1) is 9.58. The van der Waals surface area contributed by atoms with Crippen LogP contribution in [-0.2, 0) is 9.53 Å². The summed E-state index contributed by atoms with van der Waals surface area (Å²) in [6.07, 6.45) is 4.38. The second kappa shape index (κ2) is 8.79. The number of likely N-dealkylation sites (tertiary alicyclic amines) is 1. The molecule has 0 aromatic rings. The molecule has 2 amide bonds. The third-order valence-electron chi connectivity index (χ3n) is 3.66. The molecular weight excluding hydrogens is 260 g/mol. The number of carboxylic acid groups (broad SMARTS) is 1. The number of aliphatic carboxylic acids is 1. The summed E-state index contributed by atoms with van der Waals surface area (Å²) >= 11 is 0. The molecule has 0 aromatic carbocycles. The summed E-state index contributed by atoms with van der Waals surface area (Å²) in [5.74, 6) is -1.26. The van der Waals surface area contributed by atoms with Crippen molar-refractivity contribution in [2.24, 2.45) is 5.92 Å². The normalized spacial score (nSPS) is 20.5. The third-order valence-corrected chi connectivity index (χ3v) is 3.66. The number of piperidine rings is 1. The summed E-state index contributed by atoms with van der Waals surface area (Å²) in [4.78, 5) is 24.8. The van der Waals surface area contributed by atoms with Crippen LogP contribution in [0.3, 0.4) is 0 Å². The van der Waals surface area contributed by atoms with Gasteiger partial charge in [-0.05, 0) is 19.3 Å². The first-order valence-corrected chi connectivity index (χ1v) is 7.35. The molecular formula is C14H26N2O4. The minimum Gasteiger partial charge on any atom is -0.481 e. The van der Waals surface area contributed by atoms with Crippen molar-refractivity contribution in [1.29, 1.82) is 0 Å². The van der Waals surface area contributed by atoms with Gasteiger partial charge in [0.15, 0.2) is 0 Å². The molecule has 1 fully saturated rings. The summed E-state index contributed by atoms with van der Waals surface area (Å²) in [5.41, 5.74) is 0. The van der Waals surface area contributed by atoms with Gasteiger partial charge in [0.25, 0.3) is 0 Å². The van der Waals surface area contributed by atoms with Crippen molar-refractivity contribution in [3.8, 4) is 0 Å². The average molecular weight is 286 g/mol. The van der Waals surface area contributed by atoms with Crippen LogP contribution in [0.15, 0.2) is 0 Å². The molecule has 2 unspecified atom stereocenters. The van der Waals surface area contributed by atoms with Gasteiger partial charge in [-0.3, -0.25) is 4.79 Å². The number of rotatable bonds is 7. The fourth-order valence-corrected chi connectivity index (χ4v) is 2.48. The van der Waals surface area contributed by atoms with Crippen LogP contribution in [-0.4, -0.2) is 54.9 Å². The van der Waals surface area contributed by atoms with Crippen molar-refractivity contribution in [1.82, 2.24) is 10.2 Å². The number of amides is 2.